The number of fused-ring (bicyclic) bond motifs is 1. The second-order valence-corrected chi connectivity index (χ2v) is 11.8. The van der Waals surface area contributed by atoms with Crippen LogP contribution in [0.25, 0.3) is 33.4 Å². The zero-order valence-corrected chi connectivity index (χ0v) is 27.1. The van der Waals surface area contributed by atoms with Crippen LogP contribution in [0.2, 0.25) is 0 Å². The molecule has 7 nitrogen and oxygen atoms in total. The number of benzene rings is 3. The number of rotatable bonds is 11. The van der Waals surface area contributed by atoms with Crippen molar-refractivity contribution in [2.75, 3.05) is 24.6 Å². The number of Topliss-reactive ketones (excluding diaryl/α,β-unsaturated/α-hetero) is 1. The topological polar surface area (TPSA) is 88.8 Å². The van der Waals surface area contributed by atoms with Gasteiger partial charge in [0.2, 0.25) is 0 Å². The van der Waals surface area contributed by atoms with Crippen molar-refractivity contribution in [2.24, 2.45) is 5.92 Å². The molecule has 1 heterocycles. The average molecular weight is 609 g/mol. The lowest BCUT2D eigenvalue weighted by molar-refractivity contribution is -0.150. The van der Waals surface area contributed by atoms with Crippen molar-refractivity contribution in [3.05, 3.63) is 77.4 Å². The molecule has 1 N–H and O–H groups in total. The summed E-state index contributed by atoms with van der Waals surface area (Å²) in [7, 11) is 0. The maximum atomic E-state index is 13.6. The van der Waals surface area contributed by atoms with Crippen LogP contribution < -0.4 is 10.2 Å². The van der Waals surface area contributed by atoms with Crippen LogP contribution in [-0.2, 0) is 9.53 Å². The van der Waals surface area contributed by atoms with E-state index in [9.17, 15) is 14.4 Å². The van der Waals surface area contributed by atoms with Crippen molar-refractivity contribution in [1.82, 2.24) is 5.32 Å². The Morgan fingerprint density at radius 2 is 1.64 bits per heavy atom. The van der Waals surface area contributed by atoms with Gasteiger partial charge in [0.15, 0.2) is 5.78 Å². The zero-order chi connectivity index (χ0) is 32.1. The molecule has 7 heteroatoms. The number of ether oxygens (including phenoxy) is 1. The van der Waals surface area contributed by atoms with Crippen LogP contribution in [0.3, 0.4) is 0 Å². The van der Waals surface area contributed by atoms with Gasteiger partial charge in [-0.1, -0.05) is 61.7 Å². The number of amides is 1. The molecular weight excluding hydrogens is 564 g/mol. The quantitative estimate of drug-likeness (QED) is 0.136. The first-order chi connectivity index (χ1) is 21.8. The predicted molar refractivity (Wildman–Crippen MR) is 180 cm³/mol. The Bertz CT molecular complexity index is 1680. The van der Waals surface area contributed by atoms with Gasteiger partial charge in [-0.3, -0.25) is 14.4 Å². The van der Waals surface area contributed by atoms with Crippen molar-refractivity contribution in [1.29, 1.82) is 0 Å². The second kappa shape index (κ2) is 14.1. The minimum atomic E-state index is -0.333. The molecule has 0 saturated heterocycles. The minimum absolute atomic E-state index is 0.0163. The molecule has 1 fully saturated rings. The van der Waals surface area contributed by atoms with E-state index in [4.69, 9.17) is 9.15 Å². The number of nitrogens with one attached hydrogen (secondary N) is 1. The molecule has 0 spiro atoms. The van der Waals surface area contributed by atoms with E-state index in [1.807, 2.05) is 68.4 Å². The Kier molecular flexibility index (Phi) is 10.1. The van der Waals surface area contributed by atoms with Gasteiger partial charge in [0.05, 0.1) is 18.1 Å². The molecule has 1 amide bonds. The lowest BCUT2D eigenvalue weighted by Gasteiger charge is -2.30. The van der Waals surface area contributed by atoms with Crippen LogP contribution >= 0.6 is 0 Å². The summed E-state index contributed by atoms with van der Waals surface area (Å²) in [5, 5.41) is 3.90. The molecule has 2 atom stereocenters. The van der Waals surface area contributed by atoms with Crippen molar-refractivity contribution in [3.63, 3.8) is 0 Å². The Labute approximate surface area is 265 Å². The maximum Gasteiger partial charge on any atom is 0.311 e. The van der Waals surface area contributed by atoms with Gasteiger partial charge in [-0.2, -0.15) is 0 Å². The van der Waals surface area contributed by atoms with E-state index in [1.165, 1.54) is 0 Å². The van der Waals surface area contributed by atoms with Gasteiger partial charge < -0.3 is 19.4 Å². The number of anilines is 1. The molecule has 0 radical (unpaired) electrons. The molecule has 0 bridgehead atoms. The number of aryl methyl sites for hydroxylation is 1. The smallest absolute Gasteiger partial charge is 0.311 e. The zero-order valence-electron chi connectivity index (χ0n) is 27.1. The lowest BCUT2D eigenvalue weighted by Crippen LogP contribution is -2.45. The van der Waals surface area contributed by atoms with Crippen molar-refractivity contribution in [3.8, 4) is 22.5 Å². The molecule has 0 unspecified atom stereocenters. The first-order valence-corrected chi connectivity index (χ1v) is 16.3. The minimum Gasteiger partial charge on any atom is -0.466 e. The fraction of sp³-hybridized carbons (Fsp3) is 0.395. The highest BCUT2D eigenvalue weighted by atomic mass is 16.5. The second-order valence-electron chi connectivity index (χ2n) is 11.8. The van der Waals surface area contributed by atoms with Gasteiger partial charge >= 0.3 is 5.97 Å². The molecule has 3 aromatic carbocycles. The molecule has 4 aromatic rings. The standard InChI is InChI=1S/C38H44N2O5/c1-6-33(41)35-30-22-29(32(40(7-2)8-3)23-34(30)45-36(35)25-19-17-24(5)18-20-25)26-13-12-14-27(21-26)37(42)39-31-16-11-10-15-28(31)38(43)44-9-4/h12-14,17-23,28,31H,6-11,15-16H2,1-5H3,(H,39,42)/t28-,31+/m1/s1. The van der Waals surface area contributed by atoms with Gasteiger partial charge in [-0.15, -0.1) is 0 Å². The lowest BCUT2D eigenvalue weighted by atomic mass is 9.84. The molecule has 1 saturated carbocycles. The Hall–Kier alpha value is -4.39. The number of hydrogen-bond donors (Lipinski definition) is 1. The van der Waals surface area contributed by atoms with Crippen LogP contribution in [0.1, 0.15) is 86.1 Å². The van der Waals surface area contributed by atoms with E-state index in [0.717, 1.165) is 65.7 Å². The normalized spacial score (nSPS) is 16.4. The first-order valence-electron chi connectivity index (χ1n) is 16.3. The molecule has 1 aliphatic carbocycles. The third kappa shape index (κ3) is 6.68. The van der Waals surface area contributed by atoms with Gasteiger partial charge in [0.1, 0.15) is 11.3 Å². The highest BCUT2D eigenvalue weighted by Crippen LogP contribution is 2.41. The third-order valence-electron chi connectivity index (χ3n) is 8.93. The van der Waals surface area contributed by atoms with Crippen molar-refractivity contribution >= 4 is 34.3 Å². The Balaban J connectivity index is 1.59. The van der Waals surface area contributed by atoms with Gasteiger partial charge in [-0.05, 0) is 64.3 Å². The van der Waals surface area contributed by atoms with Crippen molar-refractivity contribution in [2.45, 2.75) is 72.8 Å². The van der Waals surface area contributed by atoms with Gasteiger partial charge in [0.25, 0.3) is 5.91 Å². The maximum absolute atomic E-state index is 13.6. The summed E-state index contributed by atoms with van der Waals surface area (Å²) in [5.41, 5.74) is 6.51. The van der Waals surface area contributed by atoms with E-state index in [0.29, 0.717) is 41.9 Å². The van der Waals surface area contributed by atoms with E-state index in [-0.39, 0.29) is 29.6 Å². The summed E-state index contributed by atoms with van der Waals surface area (Å²) in [6, 6.07) is 19.4. The van der Waals surface area contributed by atoms with Crippen LogP contribution in [0.15, 0.2) is 65.1 Å². The number of carbonyl (C=O) groups excluding carboxylic acids is 3. The number of esters is 1. The van der Waals surface area contributed by atoms with Gasteiger partial charge in [0, 0.05) is 59.4 Å². The molecule has 0 aliphatic heterocycles. The molecular formula is C38H44N2O5. The van der Waals surface area contributed by atoms with E-state index >= 15 is 0 Å². The SMILES string of the molecule is CCOC(=O)[C@@H]1CCCC[C@@H]1NC(=O)c1cccc(-c2cc3c(C(=O)CC)c(-c4ccc(C)cc4)oc3cc2N(CC)CC)c1. The summed E-state index contributed by atoms with van der Waals surface area (Å²) in [6.45, 7) is 11.8. The Morgan fingerprint density at radius 1 is 0.911 bits per heavy atom. The number of nitrogens with zero attached hydrogens (tertiary/aromatic N) is 1. The predicted octanol–water partition coefficient (Wildman–Crippen LogP) is 8.37. The fourth-order valence-electron chi connectivity index (χ4n) is 6.47. The number of ketones is 1. The van der Waals surface area contributed by atoms with Gasteiger partial charge in [-0.25, -0.2) is 0 Å². The average Bonchev–Trinajstić information content (AvgIpc) is 3.43. The van der Waals surface area contributed by atoms with Crippen LogP contribution in [0.4, 0.5) is 5.69 Å². The Morgan fingerprint density at radius 3 is 2.33 bits per heavy atom. The fourth-order valence-corrected chi connectivity index (χ4v) is 6.47. The third-order valence-corrected chi connectivity index (χ3v) is 8.93. The number of carbonyl (C=O) groups is 3. The molecule has 1 aliphatic rings. The summed E-state index contributed by atoms with van der Waals surface area (Å²) in [4.78, 5) is 41.9. The highest BCUT2D eigenvalue weighted by molar-refractivity contribution is 6.13. The summed E-state index contributed by atoms with van der Waals surface area (Å²) in [6.07, 6.45) is 3.72. The monoisotopic (exact) mass is 608 g/mol. The number of furan rings is 1. The van der Waals surface area contributed by atoms with Crippen LogP contribution in [-0.4, -0.2) is 43.4 Å². The first kappa shape index (κ1) is 32.0. The van der Waals surface area contributed by atoms with E-state index in [1.54, 1.807) is 13.0 Å². The largest absolute Gasteiger partial charge is 0.466 e. The summed E-state index contributed by atoms with van der Waals surface area (Å²) in [5.74, 6) is -0.189. The molecule has 45 heavy (non-hydrogen) atoms. The summed E-state index contributed by atoms with van der Waals surface area (Å²) < 4.78 is 11.8. The summed E-state index contributed by atoms with van der Waals surface area (Å²) >= 11 is 0. The highest BCUT2D eigenvalue weighted by Gasteiger charge is 2.33. The number of hydrogen-bond acceptors (Lipinski definition) is 6. The van der Waals surface area contributed by atoms with E-state index < -0.39 is 0 Å². The van der Waals surface area contributed by atoms with Crippen LogP contribution in [0, 0.1) is 12.8 Å². The molecule has 236 valence electrons. The molecule has 1 aromatic heterocycles. The molecule has 5 rings (SSSR count). The van der Waals surface area contributed by atoms with Crippen LogP contribution in [0.5, 0.6) is 0 Å². The van der Waals surface area contributed by atoms with E-state index in [2.05, 4.69) is 24.1 Å². The van der Waals surface area contributed by atoms with Crippen molar-refractivity contribution < 1.29 is 23.5 Å².